The molecule has 3 nitrogen and oxygen atoms in total. The van der Waals surface area contributed by atoms with Crippen molar-refractivity contribution in [2.24, 2.45) is 5.73 Å². The molecule has 0 saturated heterocycles. The highest BCUT2D eigenvalue weighted by Crippen LogP contribution is 2.18. The lowest BCUT2D eigenvalue weighted by molar-refractivity contribution is -0.122. The summed E-state index contributed by atoms with van der Waals surface area (Å²) in [6.45, 7) is 0. The van der Waals surface area contributed by atoms with E-state index in [1.165, 1.54) is 0 Å². The van der Waals surface area contributed by atoms with Crippen LogP contribution in [0.15, 0.2) is 0 Å². The number of nitrogens with one attached hydrogen (secondary N) is 1. The Morgan fingerprint density at radius 2 is 2.42 bits per heavy atom. The van der Waals surface area contributed by atoms with Gasteiger partial charge in [0.25, 0.3) is 0 Å². The number of carbonyl (C=O) groups excluding carboxylic acids is 1. The quantitative estimate of drug-likeness (QED) is 0.654. The van der Waals surface area contributed by atoms with Crippen LogP contribution in [0.2, 0.25) is 0 Å². The Morgan fingerprint density at radius 3 is 2.92 bits per heavy atom. The van der Waals surface area contributed by atoms with E-state index < -0.39 is 0 Å². The second kappa shape index (κ2) is 4.72. The zero-order valence-corrected chi connectivity index (χ0v) is 8.19. The van der Waals surface area contributed by atoms with Crippen LogP contribution in [0.25, 0.3) is 0 Å². The predicted molar refractivity (Wildman–Crippen MR) is 52.1 cm³/mol. The van der Waals surface area contributed by atoms with E-state index in [-0.39, 0.29) is 11.9 Å². The Morgan fingerprint density at radius 1 is 1.75 bits per heavy atom. The van der Waals surface area contributed by atoms with Crippen LogP contribution in [0.5, 0.6) is 0 Å². The minimum absolute atomic E-state index is 0.0200. The lowest BCUT2D eigenvalue weighted by atomic mass is 10.2. The molecule has 1 rings (SSSR count). The Kier molecular flexibility index (Phi) is 3.88. The van der Waals surface area contributed by atoms with Crippen molar-refractivity contribution in [2.75, 3.05) is 12.0 Å². The molecule has 1 aliphatic carbocycles. The molecule has 1 fully saturated rings. The summed E-state index contributed by atoms with van der Waals surface area (Å²) in [6.07, 6.45) is 5.05. The summed E-state index contributed by atoms with van der Waals surface area (Å²) in [4.78, 5) is 11.3. The molecule has 1 saturated carbocycles. The summed E-state index contributed by atoms with van der Waals surface area (Å²) in [7, 11) is 0. The van der Waals surface area contributed by atoms with Crippen molar-refractivity contribution >= 4 is 17.7 Å². The van der Waals surface area contributed by atoms with Crippen molar-refractivity contribution in [3.05, 3.63) is 0 Å². The van der Waals surface area contributed by atoms with E-state index in [4.69, 9.17) is 5.73 Å². The van der Waals surface area contributed by atoms with E-state index >= 15 is 0 Å². The van der Waals surface area contributed by atoms with Crippen molar-refractivity contribution in [1.29, 1.82) is 0 Å². The fraction of sp³-hybridized carbons (Fsp3) is 0.875. The number of rotatable bonds is 5. The van der Waals surface area contributed by atoms with Crippen LogP contribution in [0.4, 0.5) is 0 Å². The van der Waals surface area contributed by atoms with Crippen LogP contribution < -0.4 is 11.1 Å². The molecule has 1 atom stereocenters. The zero-order valence-electron chi connectivity index (χ0n) is 7.38. The summed E-state index contributed by atoms with van der Waals surface area (Å²) >= 11 is 1.72. The van der Waals surface area contributed by atoms with Crippen LogP contribution in [0.1, 0.15) is 19.3 Å². The molecule has 0 spiro atoms. The normalized spacial score (nSPS) is 18.8. The Balaban J connectivity index is 2.11. The molecule has 4 heteroatoms. The van der Waals surface area contributed by atoms with Gasteiger partial charge in [-0.05, 0) is 31.3 Å². The van der Waals surface area contributed by atoms with Gasteiger partial charge in [0.05, 0.1) is 6.04 Å². The number of nitrogens with two attached hydrogens (primary N) is 1. The van der Waals surface area contributed by atoms with Crippen LogP contribution in [0.3, 0.4) is 0 Å². The van der Waals surface area contributed by atoms with Crippen LogP contribution in [-0.4, -0.2) is 30.0 Å². The van der Waals surface area contributed by atoms with E-state index in [1.54, 1.807) is 11.8 Å². The molecular formula is C8H16N2OS. The maximum Gasteiger partial charge on any atom is 0.237 e. The molecule has 1 amide bonds. The molecule has 0 aromatic carbocycles. The Labute approximate surface area is 77.5 Å². The second-order valence-corrected chi connectivity index (χ2v) is 4.16. The molecule has 3 N–H and O–H groups in total. The minimum Gasteiger partial charge on any atom is -0.352 e. The second-order valence-electron chi connectivity index (χ2n) is 3.17. The fourth-order valence-electron chi connectivity index (χ4n) is 0.912. The van der Waals surface area contributed by atoms with Gasteiger partial charge >= 0.3 is 0 Å². The summed E-state index contributed by atoms with van der Waals surface area (Å²) in [5, 5.41) is 2.89. The number of amides is 1. The van der Waals surface area contributed by atoms with Crippen molar-refractivity contribution in [3.63, 3.8) is 0 Å². The minimum atomic E-state index is -0.307. The van der Waals surface area contributed by atoms with Gasteiger partial charge < -0.3 is 11.1 Å². The third kappa shape index (κ3) is 3.45. The first-order valence-electron chi connectivity index (χ1n) is 4.29. The molecule has 12 heavy (non-hydrogen) atoms. The Hall–Kier alpha value is -0.220. The molecule has 1 unspecified atom stereocenters. The van der Waals surface area contributed by atoms with Gasteiger partial charge in [0.15, 0.2) is 0 Å². The molecule has 70 valence electrons. The van der Waals surface area contributed by atoms with E-state index in [0.29, 0.717) is 6.04 Å². The van der Waals surface area contributed by atoms with Crippen molar-refractivity contribution in [1.82, 2.24) is 5.32 Å². The standard InChI is InChI=1S/C8H16N2OS/c1-12-5-4-7(9)8(11)10-6-2-3-6/h6-7H,2-5,9H2,1H3,(H,10,11). The average Bonchev–Trinajstić information content (AvgIpc) is 2.83. The molecule has 0 aromatic rings. The molecule has 0 bridgehead atoms. The number of hydrogen-bond donors (Lipinski definition) is 2. The van der Waals surface area contributed by atoms with Crippen LogP contribution >= 0.6 is 11.8 Å². The number of hydrogen-bond acceptors (Lipinski definition) is 3. The summed E-state index contributed by atoms with van der Waals surface area (Å²) in [5.41, 5.74) is 5.65. The lowest BCUT2D eigenvalue weighted by Crippen LogP contribution is -2.41. The van der Waals surface area contributed by atoms with Gasteiger partial charge in [0, 0.05) is 6.04 Å². The number of thioether (sulfide) groups is 1. The molecule has 0 radical (unpaired) electrons. The Bertz CT molecular complexity index is 159. The van der Waals surface area contributed by atoms with Gasteiger partial charge in [-0.3, -0.25) is 4.79 Å². The third-order valence-corrected chi connectivity index (χ3v) is 2.54. The maximum atomic E-state index is 11.3. The van der Waals surface area contributed by atoms with E-state index in [9.17, 15) is 4.79 Å². The third-order valence-electron chi connectivity index (χ3n) is 1.89. The summed E-state index contributed by atoms with van der Waals surface area (Å²) < 4.78 is 0. The number of carbonyl (C=O) groups is 1. The summed E-state index contributed by atoms with van der Waals surface area (Å²) in [6, 6.07) is 0.121. The zero-order chi connectivity index (χ0) is 8.97. The molecular weight excluding hydrogens is 172 g/mol. The lowest BCUT2D eigenvalue weighted by Gasteiger charge is -2.10. The van der Waals surface area contributed by atoms with Gasteiger partial charge in [-0.2, -0.15) is 11.8 Å². The van der Waals surface area contributed by atoms with Gasteiger partial charge in [-0.25, -0.2) is 0 Å². The molecule has 0 aliphatic heterocycles. The monoisotopic (exact) mass is 188 g/mol. The molecule has 0 aromatic heterocycles. The highest BCUT2D eigenvalue weighted by molar-refractivity contribution is 7.98. The van der Waals surface area contributed by atoms with Crippen molar-refractivity contribution < 1.29 is 4.79 Å². The predicted octanol–water partition coefficient (Wildman–Crippen LogP) is 0.345. The first kappa shape index (κ1) is 9.86. The highest BCUT2D eigenvalue weighted by Gasteiger charge is 2.25. The fourth-order valence-corrected chi connectivity index (χ4v) is 1.40. The SMILES string of the molecule is CSCCC(N)C(=O)NC1CC1. The largest absolute Gasteiger partial charge is 0.352 e. The highest BCUT2D eigenvalue weighted by atomic mass is 32.2. The maximum absolute atomic E-state index is 11.3. The van der Waals surface area contributed by atoms with Gasteiger partial charge in [0.2, 0.25) is 5.91 Å². The first-order valence-corrected chi connectivity index (χ1v) is 5.68. The van der Waals surface area contributed by atoms with E-state index in [1.807, 2.05) is 6.26 Å². The first-order chi connectivity index (χ1) is 5.74. The van der Waals surface area contributed by atoms with Crippen molar-refractivity contribution in [3.8, 4) is 0 Å². The van der Waals surface area contributed by atoms with Crippen LogP contribution in [-0.2, 0) is 4.79 Å². The molecule has 0 heterocycles. The van der Waals surface area contributed by atoms with E-state index in [0.717, 1.165) is 25.0 Å². The molecule has 1 aliphatic rings. The van der Waals surface area contributed by atoms with Crippen molar-refractivity contribution in [2.45, 2.75) is 31.3 Å². The van der Waals surface area contributed by atoms with E-state index in [2.05, 4.69) is 5.32 Å². The van der Waals surface area contributed by atoms with Crippen LogP contribution in [0, 0.1) is 0 Å². The smallest absolute Gasteiger partial charge is 0.237 e. The van der Waals surface area contributed by atoms with Gasteiger partial charge in [-0.1, -0.05) is 0 Å². The topological polar surface area (TPSA) is 55.1 Å². The summed E-state index contributed by atoms with van der Waals surface area (Å²) in [5.74, 6) is 0.978. The average molecular weight is 188 g/mol. The van der Waals surface area contributed by atoms with Gasteiger partial charge in [0.1, 0.15) is 0 Å². The van der Waals surface area contributed by atoms with Gasteiger partial charge in [-0.15, -0.1) is 0 Å².